The summed E-state index contributed by atoms with van der Waals surface area (Å²) in [5.74, 6) is 0.439. The van der Waals surface area contributed by atoms with E-state index in [1.165, 1.54) is 42.8 Å². The van der Waals surface area contributed by atoms with Crippen LogP contribution >= 0.6 is 11.3 Å². The van der Waals surface area contributed by atoms with Gasteiger partial charge in [0.25, 0.3) is 5.91 Å². The first kappa shape index (κ1) is 18.9. The number of likely N-dealkylation sites (tertiary alicyclic amines) is 2. The van der Waals surface area contributed by atoms with E-state index >= 15 is 0 Å². The van der Waals surface area contributed by atoms with Gasteiger partial charge in [0.1, 0.15) is 0 Å². The molecule has 3 aliphatic rings. The van der Waals surface area contributed by atoms with Crippen LogP contribution in [0.2, 0.25) is 0 Å². The van der Waals surface area contributed by atoms with Gasteiger partial charge >= 0.3 is 0 Å². The van der Waals surface area contributed by atoms with E-state index < -0.39 is 0 Å². The average Bonchev–Trinajstić information content (AvgIpc) is 3.37. The van der Waals surface area contributed by atoms with Crippen molar-refractivity contribution in [2.75, 3.05) is 39.3 Å². The van der Waals surface area contributed by atoms with Crippen molar-refractivity contribution in [1.82, 2.24) is 15.1 Å². The number of aryl methyl sites for hydroxylation is 1. The Morgan fingerprint density at radius 2 is 1.81 bits per heavy atom. The second-order valence-corrected chi connectivity index (χ2v) is 9.33. The average molecular weight is 390 g/mol. The van der Waals surface area contributed by atoms with Crippen LogP contribution in [0.15, 0.2) is 6.07 Å². The zero-order valence-corrected chi connectivity index (χ0v) is 17.0. The third kappa shape index (κ3) is 4.54. The minimum absolute atomic E-state index is 0.0585. The number of hydrogen-bond donors (Lipinski definition) is 1. The molecule has 1 atom stereocenters. The second-order valence-electron chi connectivity index (χ2n) is 8.19. The number of nitrogens with one attached hydrogen (secondary N) is 1. The third-order valence-corrected chi connectivity index (χ3v) is 7.46. The SMILES string of the molecule is O=C(NCCN1CCCCC1)[C@H]1CCc2sc(C(=O)N3CCCC3)cc2C1. The molecule has 0 bridgehead atoms. The maximum Gasteiger partial charge on any atom is 0.263 e. The standard InChI is InChI=1S/C21H31N3O2S/c25-20(22-8-13-23-9-2-1-3-10-23)16-6-7-18-17(14-16)15-19(27-18)21(26)24-11-4-5-12-24/h15-16H,1-14H2,(H,22,25)/t16-/m0/s1. The van der Waals surface area contributed by atoms with E-state index in [-0.39, 0.29) is 17.7 Å². The van der Waals surface area contributed by atoms with E-state index in [1.54, 1.807) is 11.3 Å². The normalized spacial score (nSPS) is 23.3. The second kappa shape index (κ2) is 8.74. The first-order valence-corrected chi connectivity index (χ1v) is 11.4. The highest BCUT2D eigenvalue weighted by Gasteiger charge is 2.29. The molecular formula is C21H31N3O2S. The van der Waals surface area contributed by atoms with Gasteiger partial charge in [-0.3, -0.25) is 9.59 Å². The number of nitrogens with zero attached hydrogens (tertiary/aromatic N) is 2. The summed E-state index contributed by atoms with van der Waals surface area (Å²) in [5, 5.41) is 3.15. The van der Waals surface area contributed by atoms with Gasteiger partial charge < -0.3 is 15.1 Å². The predicted molar refractivity (Wildman–Crippen MR) is 108 cm³/mol. The zero-order valence-electron chi connectivity index (χ0n) is 16.2. The van der Waals surface area contributed by atoms with Crippen LogP contribution in [0.25, 0.3) is 0 Å². The lowest BCUT2D eigenvalue weighted by atomic mass is 9.87. The number of carbonyl (C=O) groups is 2. The molecule has 2 fully saturated rings. The molecule has 2 aliphatic heterocycles. The Balaban J connectivity index is 1.28. The van der Waals surface area contributed by atoms with Gasteiger partial charge in [-0.15, -0.1) is 11.3 Å². The summed E-state index contributed by atoms with van der Waals surface area (Å²) >= 11 is 1.65. The van der Waals surface area contributed by atoms with Crippen molar-refractivity contribution >= 4 is 23.2 Å². The molecule has 4 rings (SSSR count). The van der Waals surface area contributed by atoms with Crippen molar-refractivity contribution in [2.45, 2.75) is 51.4 Å². The van der Waals surface area contributed by atoms with Crippen molar-refractivity contribution in [3.63, 3.8) is 0 Å². The lowest BCUT2D eigenvalue weighted by Gasteiger charge is -2.27. The number of fused-ring (bicyclic) bond motifs is 1. The minimum atomic E-state index is 0.0585. The quantitative estimate of drug-likeness (QED) is 0.842. The molecule has 2 amide bonds. The third-order valence-electron chi connectivity index (χ3n) is 6.23. The van der Waals surface area contributed by atoms with Crippen molar-refractivity contribution < 1.29 is 9.59 Å². The summed E-state index contributed by atoms with van der Waals surface area (Å²) in [4.78, 5) is 31.8. The van der Waals surface area contributed by atoms with E-state index in [0.29, 0.717) is 0 Å². The molecule has 1 aromatic rings. The van der Waals surface area contributed by atoms with E-state index in [2.05, 4.69) is 16.3 Å². The number of carbonyl (C=O) groups excluding carboxylic acids is 2. The summed E-state index contributed by atoms with van der Waals surface area (Å²) in [6.45, 7) is 5.85. The summed E-state index contributed by atoms with van der Waals surface area (Å²) in [6.07, 6.45) is 8.78. The highest BCUT2D eigenvalue weighted by molar-refractivity contribution is 7.14. The predicted octanol–water partition coefficient (Wildman–Crippen LogP) is 2.69. The van der Waals surface area contributed by atoms with Crippen molar-refractivity contribution in [3.05, 3.63) is 21.4 Å². The first-order chi connectivity index (χ1) is 13.2. The molecule has 2 saturated heterocycles. The van der Waals surface area contributed by atoms with Gasteiger partial charge in [-0.2, -0.15) is 0 Å². The molecule has 1 N–H and O–H groups in total. The Hall–Kier alpha value is -1.40. The van der Waals surface area contributed by atoms with E-state index in [0.717, 1.165) is 63.2 Å². The number of hydrogen-bond acceptors (Lipinski definition) is 4. The van der Waals surface area contributed by atoms with Gasteiger partial charge in [-0.25, -0.2) is 0 Å². The van der Waals surface area contributed by atoms with Gasteiger partial charge in [0.05, 0.1) is 4.88 Å². The molecule has 0 unspecified atom stereocenters. The van der Waals surface area contributed by atoms with Gasteiger partial charge in [0, 0.05) is 37.0 Å². The summed E-state index contributed by atoms with van der Waals surface area (Å²) in [6, 6.07) is 2.06. The topological polar surface area (TPSA) is 52.7 Å². The highest BCUT2D eigenvalue weighted by Crippen LogP contribution is 2.33. The molecule has 0 saturated carbocycles. The molecule has 6 heteroatoms. The van der Waals surface area contributed by atoms with Gasteiger partial charge in [0.15, 0.2) is 0 Å². The summed E-state index contributed by atoms with van der Waals surface area (Å²) in [7, 11) is 0. The van der Waals surface area contributed by atoms with Crippen LogP contribution in [0.3, 0.4) is 0 Å². The van der Waals surface area contributed by atoms with Crippen LogP contribution in [-0.4, -0.2) is 60.9 Å². The lowest BCUT2D eigenvalue weighted by molar-refractivity contribution is -0.125. The Bertz CT molecular complexity index is 675. The van der Waals surface area contributed by atoms with Crippen LogP contribution in [0, 0.1) is 5.92 Å². The molecule has 0 spiro atoms. The van der Waals surface area contributed by atoms with Gasteiger partial charge in [-0.1, -0.05) is 6.42 Å². The maximum absolute atomic E-state index is 12.6. The fraction of sp³-hybridized carbons (Fsp3) is 0.714. The summed E-state index contributed by atoms with van der Waals surface area (Å²) in [5.41, 5.74) is 1.23. The van der Waals surface area contributed by atoms with Crippen LogP contribution < -0.4 is 5.32 Å². The van der Waals surface area contributed by atoms with Gasteiger partial charge in [-0.05, 0) is 69.7 Å². The van der Waals surface area contributed by atoms with Crippen LogP contribution in [0.1, 0.15) is 58.6 Å². The molecular weight excluding hydrogens is 358 g/mol. The molecule has 148 valence electrons. The monoisotopic (exact) mass is 389 g/mol. The van der Waals surface area contributed by atoms with Gasteiger partial charge in [0.2, 0.25) is 5.91 Å². The minimum Gasteiger partial charge on any atom is -0.355 e. The molecule has 0 radical (unpaired) electrons. The molecule has 5 nitrogen and oxygen atoms in total. The Morgan fingerprint density at radius 1 is 1.07 bits per heavy atom. The molecule has 3 heterocycles. The Labute approximate surface area is 166 Å². The Morgan fingerprint density at radius 3 is 2.59 bits per heavy atom. The van der Waals surface area contributed by atoms with Crippen molar-refractivity contribution in [1.29, 1.82) is 0 Å². The van der Waals surface area contributed by atoms with E-state index in [4.69, 9.17) is 0 Å². The molecule has 27 heavy (non-hydrogen) atoms. The van der Waals surface area contributed by atoms with Crippen molar-refractivity contribution in [2.24, 2.45) is 5.92 Å². The number of thiophene rings is 1. The van der Waals surface area contributed by atoms with Crippen LogP contribution in [0.5, 0.6) is 0 Å². The zero-order chi connectivity index (χ0) is 18.6. The fourth-order valence-electron chi connectivity index (χ4n) is 4.59. The number of rotatable bonds is 5. The van der Waals surface area contributed by atoms with Crippen molar-refractivity contribution in [3.8, 4) is 0 Å². The smallest absolute Gasteiger partial charge is 0.263 e. The summed E-state index contributed by atoms with van der Waals surface area (Å²) < 4.78 is 0. The number of amides is 2. The van der Waals surface area contributed by atoms with Crippen LogP contribution in [-0.2, 0) is 17.6 Å². The molecule has 1 aromatic heterocycles. The highest BCUT2D eigenvalue weighted by atomic mass is 32.1. The van der Waals surface area contributed by atoms with E-state index in [1.807, 2.05) is 4.90 Å². The maximum atomic E-state index is 12.6. The largest absolute Gasteiger partial charge is 0.355 e. The fourth-order valence-corrected chi connectivity index (χ4v) is 5.77. The molecule has 1 aliphatic carbocycles. The molecule has 0 aromatic carbocycles. The number of piperidine rings is 1. The van der Waals surface area contributed by atoms with E-state index in [9.17, 15) is 9.59 Å². The first-order valence-electron chi connectivity index (χ1n) is 10.6. The Kier molecular flexibility index (Phi) is 6.13. The van der Waals surface area contributed by atoms with Crippen LogP contribution in [0.4, 0.5) is 0 Å². The lowest BCUT2D eigenvalue weighted by Crippen LogP contribution is -2.40.